The molecule has 0 heterocycles. The Bertz CT molecular complexity index is 584. The number of hydrogen-bond donors (Lipinski definition) is 2. The Hall–Kier alpha value is -1.74. The minimum absolute atomic E-state index is 0.109. The quantitative estimate of drug-likeness (QED) is 0.443. The summed E-state index contributed by atoms with van der Waals surface area (Å²) >= 11 is 0. The number of benzene rings is 1. The second-order valence-corrected chi connectivity index (χ2v) is 6.09. The summed E-state index contributed by atoms with van der Waals surface area (Å²) < 4.78 is 26.3. The lowest BCUT2D eigenvalue weighted by molar-refractivity contribution is -0.133. The Morgan fingerprint density at radius 1 is 1.22 bits per heavy atom. The molecule has 23 heavy (non-hydrogen) atoms. The minimum atomic E-state index is -3.50. The molecule has 0 saturated carbocycles. The van der Waals surface area contributed by atoms with E-state index in [4.69, 9.17) is 0 Å². The van der Waals surface area contributed by atoms with E-state index in [0.717, 1.165) is 20.0 Å². The average Bonchev–Trinajstić information content (AvgIpc) is 2.57. The van der Waals surface area contributed by atoms with Gasteiger partial charge in [-0.1, -0.05) is 38.1 Å². The highest BCUT2D eigenvalue weighted by Gasteiger charge is 2.12. The molecule has 0 fully saturated rings. The molecule has 130 valence electrons. The molecule has 8 heteroatoms. The van der Waals surface area contributed by atoms with Gasteiger partial charge in [0.05, 0.1) is 12.0 Å². The van der Waals surface area contributed by atoms with E-state index in [9.17, 15) is 13.2 Å². The standard InChI is InChI=1S/C8H17N3O.C7H8O3S/c1-5-6-7(2)8(12)11(9-3)10-4;1-10-11(8,9)7-5-3-2-4-6-7/h9-10H,2,5-6H2,1,3-4H3;2-6H,1H3. The van der Waals surface area contributed by atoms with E-state index in [-0.39, 0.29) is 10.8 Å². The molecule has 7 nitrogen and oxygen atoms in total. The van der Waals surface area contributed by atoms with Crippen molar-refractivity contribution < 1.29 is 17.4 Å². The first-order chi connectivity index (χ1) is 10.8. The molecule has 0 atom stereocenters. The molecule has 0 aliphatic heterocycles. The topological polar surface area (TPSA) is 87.7 Å². The number of carbonyl (C=O) groups excluding carboxylic acids is 1. The highest BCUT2D eigenvalue weighted by Crippen LogP contribution is 2.09. The van der Waals surface area contributed by atoms with Crippen molar-refractivity contribution in [3.8, 4) is 0 Å². The number of nitrogens with one attached hydrogen (secondary N) is 2. The van der Waals surface area contributed by atoms with Crippen LogP contribution in [0.2, 0.25) is 0 Å². The van der Waals surface area contributed by atoms with E-state index >= 15 is 0 Å². The van der Waals surface area contributed by atoms with Gasteiger partial charge in [-0.05, 0) is 18.6 Å². The van der Waals surface area contributed by atoms with Crippen LogP contribution in [-0.2, 0) is 19.1 Å². The Kier molecular flexibility index (Phi) is 10.1. The first kappa shape index (κ1) is 21.3. The predicted molar refractivity (Wildman–Crippen MR) is 89.7 cm³/mol. The number of hydrazine groups is 2. The maximum absolute atomic E-state index is 11.4. The van der Waals surface area contributed by atoms with Crippen LogP contribution in [0.1, 0.15) is 19.8 Å². The zero-order valence-electron chi connectivity index (χ0n) is 14.0. The normalized spacial score (nSPS) is 10.4. The molecule has 0 aliphatic carbocycles. The van der Waals surface area contributed by atoms with Crippen molar-refractivity contribution in [3.05, 3.63) is 42.5 Å². The summed E-state index contributed by atoms with van der Waals surface area (Å²) in [5.74, 6) is -0.109. The Labute approximate surface area is 138 Å². The third-order valence-electron chi connectivity index (χ3n) is 2.76. The van der Waals surface area contributed by atoms with Gasteiger partial charge in [-0.15, -0.1) is 0 Å². The van der Waals surface area contributed by atoms with E-state index in [1.165, 1.54) is 17.3 Å². The summed E-state index contributed by atoms with van der Waals surface area (Å²) in [4.78, 5) is 11.6. The van der Waals surface area contributed by atoms with Crippen molar-refractivity contribution in [2.24, 2.45) is 0 Å². The second kappa shape index (κ2) is 10.9. The number of amides is 1. The molecule has 0 bridgehead atoms. The maximum Gasteiger partial charge on any atom is 0.296 e. The van der Waals surface area contributed by atoms with Crippen LogP contribution in [0.4, 0.5) is 0 Å². The van der Waals surface area contributed by atoms with E-state index in [1.807, 2.05) is 6.92 Å². The number of hydrogen-bond acceptors (Lipinski definition) is 6. The van der Waals surface area contributed by atoms with Gasteiger partial charge >= 0.3 is 0 Å². The van der Waals surface area contributed by atoms with E-state index in [0.29, 0.717) is 5.57 Å². The third-order valence-corrected chi connectivity index (χ3v) is 4.04. The fourth-order valence-corrected chi connectivity index (χ4v) is 2.25. The highest BCUT2D eigenvalue weighted by molar-refractivity contribution is 7.86. The third kappa shape index (κ3) is 7.38. The summed E-state index contributed by atoms with van der Waals surface area (Å²) in [6, 6.07) is 8.00. The van der Waals surface area contributed by atoms with Gasteiger partial charge in [-0.25, -0.2) is 16.0 Å². The molecule has 1 aromatic carbocycles. The van der Waals surface area contributed by atoms with Crippen molar-refractivity contribution in [2.45, 2.75) is 24.7 Å². The Balaban J connectivity index is 0.000000422. The van der Waals surface area contributed by atoms with E-state index in [1.54, 1.807) is 32.3 Å². The van der Waals surface area contributed by atoms with Crippen LogP contribution in [0.3, 0.4) is 0 Å². The van der Waals surface area contributed by atoms with Gasteiger partial charge in [-0.2, -0.15) is 8.42 Å². The van der Waals surface area contributed by atoms with E-state index in [2.05, 4.69) is 21.6 Å². The number of carbonyl (C=O) groups is 1. The van der Waals surface area contributed by atoms with Gasteiger partial charge < -0.3 is 0 Å². The van der Waals surface area contributed by atoms with Crippen LogP contribution in [0.15, 0.2) is 47.4 Å². The fourth-order valence-electron chi connectivity index (χ4n) is 1.57. The number of rotatable bonds is 7. The van der Waals surface area contributed by atoms with Crippen LogP contribution in [0.25, 0.3) is 0 Å². The molecule has 0 aliphatic rings. The number of nitrogens with zero attached hydrogens (tertiary/aromatic N) is 1. The molecule has 1 aromatic rings. The fraction of sp³-hybridized carbons (Fsp3) is 0.400. The van der Waals surface area contributed by atoms with Crippen molar-refractivity contribution in [1.82, 2.24) is 16.0 Å². The van der Waals surface area contributed by atoms with Crippen LogP contribution < -0.4 is 10.9 Å². The van der Waals surface area contributed by atoms with Crippen LogP contribution in [0.5, 0.6) is 0 Å². The van der Waals surface area contributed by atoms with Crippen molar-refractivity contribution in [2.75, 3.05) is 21.2 Å². The van der Waals surface area contributed by atoms with Crippen LogP contribution in [0, 0.1) is 0 Å². The summed E-state index contributed by atoms with van der Waals surface area (Å²) in [5, 5.41) is 1.30. The largest absolute Gasteiger partial charge is 0.296 e. The molecule has 0 saturated heterocycles. The molecule has 2 N–H and O–H groups in total. The molecule has 0 spiro atoms. The average molecular weight is 343 g/mol. The first-order valence-corrected chi connectivity index (χ1v) is 8.47. The first-order valence-electron chi connectivity index (χ1n) is 7.06. The Morgan fingerprint density at radius 3 is 2.13 bits per heavy atom. The predicted octanol–water partition coefficient (Wildman–Crippen LogP) is 1.46. The zero-order chi connectivity index (χ0) is 17.9. The summed E-state index contributed by atoms with van der Waals surface area (Å²) in [6.07, 6.45) is 1.67. The van der Waals surface area contributed by atoms with Gasteiger partial charge in [0.25, 0.3) is 16.0 Å². The lowest BCUT2D eigenvalue weighted by Gasteiger charge is -2.20. The van der Waals surface area contributed by atoms with Crippen molar-refractivity contribution in [3.63, 3.8) is 0 Å². The molecule has 1 rings (SSSR count). The summed E-state index contributed by atoms with van der Waals surface area (Å²) in [6.45, 7) is 5.71. The highest BCUT2D eigenvalue weighted by atomic mass is 32.2. The minimum Gasteiger partial charge on any atom is -0.270 e. The van der Waals surface area contributed by atoms with E-state index < -0.39 is 10.1 Å². The van der Waals surface area contributed by atoms with Gasteiger partial charge in [0.2, 0.25) is 0 Å². The molecular formula is C15H25N3O4S. The molecule has 0 aromatic heterocycles. The second-order valence-electron chi connectivity index (χ2n) is 4.38. The Morgan fingerprint density at radius 2 is 1.74 bits per heavy atom. The van der Waals surface area contributed by atoms with Crippen LogP contribution >= 0.6 is 0 Å². The van der Waals surface area contributed by atoms with Crippen molar-refractivity contribution in [1.29, 1.82) is 0 Å². The maximum atomic E-state index is 11.4. The molecule has 0 unspecified atom stereocenters. The smallest absolute Gasteiger partial charge is 0.270 e. The zero-order valence-corrected chi connectivity index (χ0v) is 14.8. The van der Waals surface area contributed by atoms with Crippen LogP contribution in [-0.4, -0.2) is 40.6 Å². The summed E-state index contributed by atoms with van der Waals surface area (Å²) in [7, 11) is 0.991. The molecule has 0 radical (unpaired) electrons. The summed E-state index contributed by atoms with van der Waals surface area (Å²) in [5.41, 5.74) is 6.02. The molecular weight excluding hydrogens is 318 g/mol. The lowest BCUT2D eigenvalue weighted by atomic mass is 10.2. The van der Waals surface area contributed by atoms with Gasteiger partial charge in [0, 0.05) is 19.7 Å². The van der Waals surface area contributed by atoms with Gasteiger partial charge in [-0.3, -0.25) is 8.98 Å². The molecule has 1 amide bonds. The monoisotopic (exact) mass is 343 g/mol. The lowest BCUT2D eigenvalue weighted by Crippen LogP contribution is -2.48. The SMILES string of the molecule is C=C(CCC)C(=O)N(NC)NC.COS(=O)(=O)c1ccccc1. The van der Waals surface area contributed by atoms with Crippen molar-refractivity contribution >= 4 is 16.0 Å². The van der Waals surface area contributed by atoms with Gasteiger partial charge in [0.1, 0.15) is 0 Å². The van der Waals surface area contributed by atoms with Gasteiger partial charge in [0.15, 0.2) is 0 Å².